The van der Waals surface area contributed by atoms with Gasteiger partial charge in [0.05, 0.1) is 4.92 Å². The lowest BCUT2D eigenvalue weighted by Crippen LogP contribution is -2.33. The zero-order valence-electron chi connectivity index (χ0n) is 11.4. The van der Waals surface area contributed by atoms with Crippen LogP contribution in [0.3, 0.4) is 0 Å². The highest BCUT2D eigenvalue weighted by atomic mass is 16.6. The lowest BCUT2D eigenvalue weighted by atomic mass is 10.2. The van der Waals surface area contributed by atoms with Gasteiger partial charge in [0.25, 0.3) is 0 Å². The van der Waals surface area contributed by atoms with Crippen molar-refractivity contribution in [2.75, 3.05) is 25.0 Å². The first-order valence-corrected chi connectivity index (χ1v) is 6.64. The summed E-state index contributed by atoms with van der Waals surface area (Å²) in [6.07, 6.45) is 2.47. The summed E-state index contributed by atoms with van der Waals surface area (Å²) in [5.74, 6) is 0.499. The van der Waals surface area contributed by atoms with Crippen LogP contribution in [0.1, 0.15) is 25.5 Å². The van der Waals surface area contributed by atoms with Crippen LogP contribution in [0.5, 0.6) is 0 Å². The van der Waals surface area contributed by atoms with Crippen molar-refractivity contribution in [3.05, 3.63) is 27.9 Å². The zero-order chi connectivity index (χ0) is 14.5. The van der Waals surface area contributed by atoms with Crippen LogP contribution in [0.2, 0.25) is 0 Å². The van der Waals surface area contributed by atoms with Gasteiger partial charge in [-0.05, 0) is 38.9 Å². The van der Waals surface area contributed by atoms with Crippen LogP contribution in [0.4, 0.5) is 11.5 Å². The van der Waals surface area contributed by atoms with Crippen molar-refractivity contribution in [3.8, 4) is 6.07 Å². The van der Waals surface area contributed by atoms with Gasteiger partial charge >= 0.3 is 5.69 Å². The molecule has 0 aliphatic carbocycles. The van der Waals surface area contributed by atoms with Crippen molar-refractivity contribution < 1.29 is 4.92 Å². The Kier molecular flexibility index (Phi) is 4.48. The van der Waals surface area contributed by atoms with E-state index in [0.29, 0.717) is 5.82 Å². The first-order valence-electron chi connectivity index (χ1n) is 6.64. The van der Waals surface area contributed by atoms with Crippen LogP contribution < -0.4 is 5.32 Å². The van der Waals surface area contributed by atoms with Crippen LogP contribution in [-0.2, 0) is 0 Å². The molecule has 1 aromatic heterocycles. The summed E-state index contributed by atoms with van der Waals surface area (Å²) >= 11 is 0. The highest BCUT2D eigenvalue weighted by Crippen LogP contribution is 2.18. The number of nitrogens with one attached hydrogen (secondary N) is 1. The first-order chi connectivity index (χ1) is 9.60. The van der Waals surface area contributed by atoms with Gasteiger partial charge in [-0.15, -0.1) is 0 Å². The molecule has 2 heterocycles. The average molecular weight is 275 g/mol. The minimum absolute atomic E-state index is 0.159. The van der Waals surface area contributed by atoms with E-state index in [9.17, 15) is 10.1 Å². The summed E-state index contributed by atoms with van der Waals surface area (Å²) < 4.78 is 0. The Bertz CT molecular complexity index is 534. The number of nitriles is 1. The Hall–Kier alpha value is -2.20. The van der Waals surface area contributed by atoms with E-state index in [1.54, 1.807) is 12.1 Å². The van der Waals surface area contributed by atoms with Crippen LogP contribution in [0.25, 0.3) is 0 Å². The first kappa shape index (κ1) is 14.2. The molecule has 0 spiro atoms. The summed E-state index contributed by atoms with van der Waals surface area (Å²) in [7, 11) is 0. The second kappa shape index (κ2) is 6.30. The summed E-state index contributed by atoms with van der Waals surface area (Å²) in [5.41, 5.74) is -0.418. The van der Waals surface area contributed by atoms with E-state index in [1.807, 2.05) is 6.92 Å². The van der Waals surface area contributed by atoms with E-state index in [1.165, 1.54) is 18.9 Å². The molecule has 1 fully saturated rings. The molecule has 1 aliphatic rings. The van der Waals surface area contributed by atoms with Crippen LogP contribution in [0, 0.1) is 21.4 Å². The Morgan fingerprint density at radius 2 is 2.25 bits per heavy atom. The maximum atomic E-state index is 10.7. The van der Waals surface area contributed by atoms with Crippen molar-refractivity contribution in [2.45, 2.75) is 25.8 Å². The number of nitrogens with zero attached hydrogens (tertiary/aromatic N) is 4. The number of likely N-dealkylation sites (tertiary alicyclic amines) is 1. The minimum atomic E-state index is -0.594. The molecule has 1 saturated heterocycles. The van der Waals surface area contributed by atoms with Gasteiger partial charge in [-0.1, -0.05) is 0 Å². The topological polar surface area (TPSA) is 95.1 Å². The third-order valence-electron chi connectivity index (χ3n) is 3.30. The van der Waals surface area contributed by atoms with Crippen molar-refractivity contribution in [1.82, 2.24) is 9.88 Å². The predicted octanol–water partition coefficient (Wildman–Crippen LogP) is 1.76. The molecule has 1 N–H and O–H groups in total. The number of aromatic nitrogens is 1. The minimum Gasteiger partial charge on any atom is -0.366 e. The van der Waals surface area contributed by atoms with Gasteiger partial charge in [-0.25, -0.2) is 4.98 Å². The Labute approximate surface area is 117 Å². The van der Waals surface area contributed by atoms with E-state index in [-0.39, 0.29) is 17.4 Å². The highest BCUT2D eigenvalue weighted by molar-refractivity contribution is 5.50. The molecule has 0 saturated carbocycles. The van der Waals surface area contributed by atoms with Crippen LogP contribution >= 0.6 is 0 Å². The number of hydrogen-bond donors (Lipinski definition) is 1. The second-order valence-electron chi connectivity index (χ2n) is 4.99. The van der Waals surface area contributed by atoms with Gasteiger partial charge in [0, 0.05) is 18.7 Å². The third-order valence-corrected chi connectivity index (χ3v) is 3.30. The maximum absolute atomic E-state index is 10.7. The lowest BCUT2D eigenvalue weighted by molar-refractivity contribution is -0.385. The van der Waals surface area contributed by atoms with Gasteiger partial charge in [0.1, 0.15) is 11.9 Å². The van der Waals surface area contributed by atoms with Crippen molar-refractivity contribution in [3.63, 3.8) is 0 Å². The molecule has 20 heavy (non-hydrogen) atoms. The van der Waals surface area contributed by atoms with Gasteiger partial charge in [-0.3, -0.25) is 10.1 Å². The number of nitro groups is 1. The fourth-order valence-corrected chi connectivity index (χ4v) is 2.41. The van der Waals surface area contributed by atoms with Gasteiger partial charge < -0.3 is 10.2 Å². The molecule has 7 nitrogen and oxygen atoms in total. The van der Waals surface area contributed by atoms with E-state index >= 15 is 0 Å². The molecule has 1 atom stereocenters. The molecule has 0 radical (unpaired) electrons. The Morgan fingerprint density at radius 3 is 2.85 bits per heavy atom. The Balaban J connectivity index is 2.02. The monoisotopic (exact) mass is 275 g/mol. The van der Waals surface area contributed by atoms with Gasteiger partial charge in [0.2, 0.25) is 5.69 Å². The van der Waals surface area contributed by atoms with Crippen molar-refractivity contribution in [1.29, 1.82) is 5.26 Å². The van der Waals surface area contributed by atoms with Crippen LogP contribution in [-0.4, -0.2) is 40.5 Å². The van der Waals surface area contributed by atoms with Crippen molar-refractivity contribution >= 4 is 11.5 Å². The molecule has 106 valence electrons. The molecule has 0 aromatic carbocycles. The molecular weight excluding hydrogens is 258 g/mol. The SMILES string of the molecule is CC(CN1CCCC1)Nc1ccc([N+](=O)[O-])c(C#N)n1. The number of rotatable bonds is 5. The summed E-state index contributed by atoms with van der Waals surface area (Å²) in [6.45, 7) is 5.17. The highest BCUT2D eigenvalue weighted by Gasteiger charge is 2.18. The molecule has 2 rings (SSSR count). The van der Waals surface area contributed by atoms with Crippen LogP contribution in [0.15, 0.2) is 12.1 Å². The molecule has 0 bridgehead atoms. The molecule has 0 amide bonds. The summed E-state index contributed by atoms with van der Waals surface area (Å²) in [4.78, 5) is 16.5. The number of pyridine rings is 1. The van der Waals surface area contributed by atoms with E-state index in [4.69, 9.17) is 5.26 Å². The van der Waals surface area contributed by atoms with Gasteiger partial charge in [-0.2, -0.15) is 5.26 Å². The third kappa shape index (κ3) is 3.42. The standard InChI is InChI=1S/C13H17N5O2/c1-10(9-17-6-2-3-7-17)15-13-5-4-12(18(19)20)11(8-14)16-13/h4-5,10H,2-3,6-7,9H2,1H3,(H,15,16). The fourth-order valence-electron chi connectivity index (χ4n) is 2.41. The Morgan fingerprint density at radius 1 is 1.55 bits per heavy atom. The summed E-state index contributed by atoms with van der Waals surface area (Å²) in [6, 6.07) is 4.79. The fraction of sp³-hybridized carbons (Fsp3) is 0.538. The predicted molar refractivity (Wildman–Crippen MR) is 74.4 cm³/mol. The maximum Gasteiger partial charge on any atom is 0.305 e. The van der Waals surface area contributed by atoms with E-state index in [0.717, 1.165) is 19.6 Å². The second-order valence-corrected chi connectivity index (χ2v) is 4.99. The quantitative estimate of drug-likeness (QED) is 0.649. The molecule has 7 heteroatoms. The molecule has 1 aromatic rings. The molecule has 1 unspecified atom stereocenters. The normalized spacial score (nSPS) is 16.6. The largest absolute Gasteiger partial charge is 0.366 e. The van der Waals surface area contributed by atoms with Crippen molar-refractivity contribution in [2.24, 2.45) is 0 Å². The number of hydrogen-bond acceptors (Lipinski definition) is 6. The van der Waals surface area contributed by atoms with Gasteiger partial charge in [0.15, 0.2) is 0 Å². The zero-order valence-corrected chi connectivity index (χ0v) is 11.4. The molecular formula is C13H17N5O2. The smallest absolute Gasteiger partial charge is 0.305 e. The van der Waals surface area contributed by atoms with E-state index in [2.05, 4.69) is 15.2 Å². The molecule has 1 aliphatic heterocycles. The summed E-state index contributed by atoms with van der Waals surface area (Å²) in [5, 5.41) is 22.8. The average Bonchev–Trinajstić information content (AvgIpc) is 2.90. The lowest BCUT2D eigenvalue weighted by Gasteiger charge is -2.21. The van der Waals surface area contributed by atoms with E-state index < -0.39 is 4.92 Å². The number of anilines is 1.